The fourth-order valence-corrected chi connectivity index (χ4v) is 4.59. The number of carbonyl (C=O) groups excluding carboxylic acids is 1. The summed E-state index contributed by atoms with van der Waals surface area (Å²) >= 11 is 0. The third-order valence-corrected chi connectivity index (χ3v) is 6.35. The van der Waals surface area contributed by atoms with Crippen LogP contribution in [0.2, 0.25) is 0 Å². The van der Waals surface area contributed by atoms with Gasteiger partial charge in [-0.2, -0.15) is 0 Å². The molecule has 0 saturated carbocycles. The van der Waals surface area contributed by atoms with Crippen molar-refractivity contribution in [1.29, 1.82) is 0 Å². The molecule has 6 nitrogen and oxygen atoms in total. The van der Waals surface area contributed by atoms with E-state index in [0.29, 0.717) is 18.5 Å². The van der Waals surface area contributed by atoms with E-state index in [1.165, 1.54) is 25.9 Å². The number of nitrogens with zero attached hydrogens (tertiary/aromatic N) is 3. The summed E-state index contributed by atoms with van der Waals surface area (Å²) < 4.78 is 5.25. The Bertz CT molecular complexity index is 641. The van der Waals surface area contributed by atoms with E-state index < -0.39 is 0 Å². The van der Waals surface area contributed by atoms with E-state index in [1.54, 1.807) is 7.11 Å². The maximum atomic E-state index is 12.8. The van der Waals surface area contributed by atoms with Gasteiger partial charge >= 0.3 is 0 Å². The van der Waals surface area contributed by atoms with Crippen molar-refractivity contribution in [3.63, 3.8) is 0 Å². The summed E-state index contributed by atoms with van der Waals surface area (Å²) in [6.45, 7) is 11.3. The van der Waals surface area contributed by atoms with Crippen LogP contribution in [0, 0.1) is 5.92 Å². The smallest absolute Gasteiger partial charge is 0.234 e. The molecule has 0 aliphatic carbocycles. The van der Waals surface area contributed by atoms with Crippen LogP contribution in [0.25, 0.3) is 0 Å². The van der Waals surface area contributed by atoms with Crippen molar-refractivity contribution >= 4 is 5.91 Å². The number of carbonyl (C=O) groups is 1. The van der Waals surface area contributed by atoms with Crippen LogP contribution in [0.1, 0.15) is 38.3 Å². The lowest BCUT2D eigenvalue weighted by atomic mass is 9.96. The molecule has 0 spiro atoms. The molecule has 0 aromatic heterocycles. The van der Waals surface area contributed by atoms with Crippen LogP contribution < -0.4 is 10.1 Å². The van der Waals surface area contributed by atoms with Crippen LogP contribution in [0.4, 0.5) is 0 Å². The molecular weight excluding hydrogens is 364 g/mol. The minimum Gasteiger partial charge on any atom is -0.497 e. The van der Waals surface area contributed by atoms with Crippen molar-refractivity contribution in [3.05, 3.63) is 29.8 Å². The molecule has 1 aromatic carbocycles. The molecule has 2 unspecified atom stereocenters. The normalized spacial score (nSPS) is 23.1. The van der Waals surface area contributed by atoms with Gasteiger partial charge in [-0.1, -0.05) is 26.0 Å². The van der Waals surface area contributed by atoms with E-state index in [2.05, 4.69) is 40.9 Å². The molecule has 3 rings (SSSR count). The largest absolute Gasteiger partial charge is 0.497 e. The van der Waals surface area contributed by atoms with Gasteiger partial charge in [0.15, 0.2) is 0 Å². The Hall–Kier alpha value is -1.63. The van der Waals surface area contributed by atoms with E-state index in [-0.39, 0.29) is 11.9 Å². The minimum absolute atomic E-state index is 0.0208. The van der Waals surface area contributed by atoms with E-state index >= 15 is 0 Å². The zero-order valence-corrected chi connectivity index (χ0v) is 18.6. The molecule has 2 aliphatic rings. The summed E-state index contributed by atoms with van der Waals surface area (Å²) in [6, 6.07) is 8.71. The van der Waals surface area contributed by atoms with Crippen molar-refractivity contribution in [1.82, 2.24) is 20.0 Å². The molecule has 6 heteroatoms. The van der Waals surface area contributed by atoms with Crippen LogP contribution in [0.3, 0.4) is 0 Å². The van der Waals surface area contributed by atoms with E-state index in [1.807, 2.05) is 24.3 Å². The van der Waals surface area contributed by atoms with Gasteiger partial charge in [0.1, 0.15) is 5.75 Å². The first kappa shape index (κ1) is 22.1. The van der Waals surface area contributed by atoms with Gasteiger partial charge in [0.2, 0.25) is 5.91 Å². The predicted octanol–water partition coefficient (Wildman–Crippen LogP) is 2.22. The standard InChI is InChI=1S/C23H38N4O2/c1-18(2)23(19-7-9-21(29-4)10-8-19)24-22(28)17-26-12-14-27(15-13-26)20-6-5-11-25(3)16-20/h7-10,18,20,23H,5-6,11-17H2,1-4H3,(H,24,28). The number of hydrogen-bond acceptors (Lipinski definition) is 5. The van der Waals surface area contributed by atoms with Gasteiger partial charge in [0.05, 0.1) is 19.7 Å². The Morgan fingerprint density at radius 1 is 1.14 bits per heavy atom. The zero-order valence-electron chi connectivity index (χ0n) is 18.6. The number of methoxy groups -OCH3 is 1. The minimum atomic E-state index is 0.0208. The number of hydrogen-bond donors (Lipinski definition) is 1. The lowest BCUT2D eigenvalue weighted by Gasteiger charge is -2.42. The third kappa shape index (κ3) is 6.17. The quantitative estimate of drug-likeness (QED) is 0.758. The molecule has 162 valence electrons. The summed E-state index contributed by atoms with van der Waals surface area (Å²) in [5.41, 5.74) is 1.13. The highest BCUT2D eigenvalue weighted by Gasteiger charge is 2.28. The summed E-state index contributed by atoms with van der Waals surface area (Å²) in [4.78, 5) is 20.1. The average molecular weight is 403 g/mol. The Morgan fingerprint density at radius 2 is 1.83 bits per heavy atom. The fraction of sp³-hybridized carbons (Fsp3) is 0.696. The van der Waals surface area contributed by atoms with Gasteiger partial charge in [-0.05, 0) is 50.0 Å². The predicted molar refractivity (Wildman–Crippen MR) is 117 cm³/mol. The third-order valence-electron chi connectivity index (χ3n) is 6.35. The van der Waals surface area contributed by atoms with Gasteiger partial charge < -0.3 is 15.0 Å². The van der Waals surface area contributed by atoms with Crippen molar-refractivity contribution in [2.45, 2.75) is 38.8 Å². The van der Waals surface area contributed by atoms with Gasteiger partial charge in [0.25, 0.3) is 0 Å². The molecule has 29 heavy (non-hydrogen) atoms. The second kappa shape index (κ2) is 10.4. The van der Waals surface area contributed by atoms with Gasteiger partial charge in [0, 0.05) is 38.8 Å². The number of piperidine rings is 1. The molecule has 1 N–H and O–H groups in total. The number of likely N-dealkylation sites (N-methyl/N-ethyl adjacent to an activating group) is 1. The second-order valence-corrected chi connectivity index (χ2v) is 8.93. The molecule has 1 aromatic rings. The fourth-order valence-electron chi connectivity index (χ4n) is 4.59. The van der Waals surface area contributed by atoms with Crippen molar-refractivity contribution in [2.24, 2.45) is 5.92 Å². The van der Waals surface area contributed by atoms with Gasteiger partial charge in [-0.3, -0.25) is 14.6 Å². The molecular formula is C23H38N4O2. The number of likely N-dealkylation sites (tertiary alicyclic amines) is 1. The van der Waals surface area contributed by atoms with Crippen molar-refractivity contribution in [3.8, 4) is 5.75 Å². The molecule has 2 saturated heterocycles. The van der Waals surface area contributed by atoms with Crippen LogP contribution in [-0.4, -0.2) is 86.6 Å². The highest BCUT2D eigenvalue weighted by atomic mass is 16.5. The molecule has 0 radical (unpaired) electrons. The monoisotopic (exact) mass is 402 g/mol. The van der Waals surface area contributed by atoms with E-state index in [4.69, 9.17) is 4.74 Å². The van der Waals surface area contributed by atoms with Crippen LogP contribution in [0.15, 0.2) is 24.3 Å². The zero-order chi connectivity index (χ0) is 20.8. The Morgan fingerprint density at radius 3 is 2.41 bits per heavy atom. The summed E-state index contributed by atoms with van der Waals surface area (Å²) in [5.74, 6) is 1.28. The number of nitrogens with one attached hydrogen (secondary N) is 1. The number of rotatable bonds is 7. The van der Waals surface area contributed by atoms with Crippen LogP contribution >= 0.6 is 0 Å². The molecule has 1 amide bonds. The first-order valence-corrected chi connectivity index (χ1v) is 11.0. The first-order chi connectivity index (χ1) is 14.0. The highest BCUT2D eigenvalue weighted by Crippen LogP contribution is 2.24. The van der Waals surface area contributed by atoms with Gasteiger partial charge in [-0.15, -0.1) is 0 Å². The summed E-state index contributed by atoms with van der Waals surface area (Å²) in [7, 11) is 3.89. The van der Waals surface area contributed by atoms with Gasteiger partial charge in [-0.25, -0.2) is 0 Å². The van der Waals surface area contributed by atoms with Crippen molar-refractivity contribution < 1.29 is 9.53 Å². The Balaban J connectivity index is 1.48. The molecule has 2 atom stereocenters. The summed E-state index contributed by atoms with van der Waals surface area (Å²) in [5, 5.41) is 3.26. The topological polar surface area (TPSA) is 48.1 Å². The molecule has 2 fully saturated rings. The Kier molecular flexibility index (Phi) is 7.92. The molecule has 2 aliphatic heterocycles. The lowest BCUT2D eigenvalue weighted by Crippen LogP contribution is -2.55. The second-order valence-electron chi connectivity index (χ2n) is 8.93. The highest BCUT2D eigenvalue weighted by molar-refractivity contribution is 5.78. The molecule has 2 heterocycles. The average Bonchev–Trinajstić information content (AvgIpc) is 2.72. The summed E-state index contributed by atoms with van der Waals surface area (Å²) in [6.07, 6.45) is 2.61. The number of benzene rings is 1. The Labute approximate surface area is 176 Å². The first-order valence-electron chi connectivity index (χ1n) is 11.0. The molecule has 0 bridgehead atoms. The van der Waals surface area contributed by atoms with Crippen LogP contribution in [0.5, 0.6) is 5.75 Å². The lowest BCUT2D eigenvalue weighted by molar-refractivity contribution is -0.123. The number of piperazine rings is 1. The number of ether oxygens (including phenoxy) is 1. The van der Waals surface area contributed by atoms with E-state index in [9.17, 15) is 4.79 Å². The van der Waals surface area contributed by atoms with Crippen molar-refractivity contribution in [2.75, 3.05) is 60.0 Å². The SMILES string of the molecule is COc1ccc(C(NC(=O)CN2CCN(C3CCCN(C)C3)CC2)C(C)C)cc1. The maximum Gasteiger partial charge on any atom is 0.234 e. The maximum absolute atomic E-state index is 12.8. The van der Waals surface area contributed by atoms with Crippen LogP contribution in [-0.2, 0) is 4.79 Å². The van der Waals surface area contributed by atoms with E-state index in [0.717, 1.165) is 37.5 Å². The number of amides is 1.